The number of nitrogens with one attached hydrogen (secondary N) is 1. The fourth-order valence-electron chi connectivity index (χ4n) is 1.46. The first-order chi connectivity index (χ1) is 7.24. The van der Waals surface area contributed by atoms with Crippen LogP contribution in [0.2, 0.25) is 0 Å². The van der Waals surface area contributed by atoms with Gasteiger partial charge in [0.05, 0.1) is 6.61 Å². The summed E-state index contributed by atoms with van der Waals surface area (Å²) in [5.41, 5.74) is 2.64. The Hall–Kier alpha value is -0.860. The molecule has 0 saturated heterocycles. The van der Waals surface area contributed by atoms with E-state index in [1.54, 1.807) is 0 Å². The van der Waals surface area contributed by atoms with Crippen molar-refractivity contribution in [2.24, 2.45) is 0 Å². The minimum atomic E-state index is 0.394. The van der Waals surface area contributed by atoms with Gasteiger partial charge >= 0.3 is 0 Å². The first-order valence-corrected chi connectivity index (χ1v) is 5.61. The summed E-state index contributed by atoms with van der Waals surface area (Å²) in [4.78, 5) is 0. The average molecular weight is 207 g/mol. The summed E-state index contributed by atoms with van der Waals surface area (Å²) < 4.78 is 5.28. The Labute approximate surface area is 92.6 Å². The van der Waals surface area contributed by atoms with Gasteiger partial charge in [0, 0.05) is 19.2 Å². The second kappa shape index (κ2) is 6.59. The Morgan fingerprint density at radius 1 is 1.27 bits per heavy atom. The number of hydrogen-bond acceptors (Lipinski definition) is 2. The standard InChI is InChI=1S/C13H21NO/c1-4-15-10-9-14-12(3)13-7-5-11(2)6-8-13/h5-8,12,14H,4,9-10H2,1-3H3/t12-/m0/s1. The highest BCUT2D eigenvalue weighted by molar-refractivity contribution is 5.23. The van der Waals surface area contributed by atoms with Crippen LogP contribution in [0.1, 0.15) is 31.0 Å². The summed E-state index contributed by atoms with van der Waals surface area (Å²) in [7, 11) is 0. The monoisotopic (exact) mass is 207 g/mol. The van der Waals surface area contributed by atoms with Crippen molar-refractivity contribution in [2.45, 2.75) is 26.8 Å². The molecule has 15 heavy (non-hydrogen) atoms. The van der Waals surface area contributed by atoms with E-state index in [1.165, 1.54) is 11.1 Å². The lowest BCUT2D eigenvalue weighted by Gasteiger charge is -2.14. The Bertz CT molecular complexity index is 268. The van der Waals surface area contributed by atoms with Crippen LogP contribution in [0.3, 0.4) is 0 Å². The van der Waals surface area contributed by atoms with Crippen molar-refractivity contribution in [1.82, 2.24) is 5.32 Å². The molecule has 0 amide bonds. The lowest BCUT2D eigenvalue weighted by molar-refractivity contribution is 0.147. The number of benzene rings is 1. The minimum Gasteiger partial charge on any atom is -0.380 e. The highest BCUT2D eigenvalue weighted by atomic mass is 16.5. The summed E-state index contributed by atoms with van der Waals surface area (Å²) >= 11 is 0. The maximum absolute atomic E-state index is 5.28. The van der Waals surface area contributed by atoms with Crippen molar-refractivity contribution < 1.29 is 4.74 Å². The van der Waals surface area contributed by atoms with Gasteiger partial charge in [-0.2, -0.15) is 0 Å². The molecule has 2 nitrogen and oxygen atoms in total. The first kappa shape index (κ1) is 12.2. The second-order valence-electron chi connectivity index (χ2n) is 3.78. The van der Waals surface area contributed by atoms with E-state index >= 15 is 0 Å². The maximum atomic E-state index is 5.28. The number of rotatable bonds is 6. The summed E-state index contributed by atoms with van der Waals surface area (Å²) in [5.74, 6) is 0. The predicted octanol–water partition coefficient (Wildman–Crippen LogP) is 2.68. The second-order valence-corrected chi connectivity index (χ2v) is 3.78. The van der Waals surface area contributed by atoms with Crippen LogP contribution >= 0.6 is 0 Å². The van der Waals surface area contributed by atoms with E-state index in [4.69, 9.17) is 4.74 Å². The van der Waals surface area contributed by atoms with Crippen LogP contribution in [0.4, 0.5) is 0 Å². The number of ether oxygens (including phenoxy) is 1. The summed E-state index contributed by atoms with van der Waals surface area (Å²) in [5, 5.41) is 3.43. The van der Waals surface area contributed by atoms with Gasteiger partial charge in [0.15, 0.2) is 0 Å². The van der Waals surface area contributed by atoms with Gasteiger partial charge < -0.3 is 10.1 Å². The minimum absolute atomic E-state index is 0.394. The fraction of sp³-hybridized carbons (Fsp3) is 0.538. The quantitative estimate of drug-likeness (QED) is 0.724. The zero-order valence-corrected chi connectivity index (χ0v) is 9.92. The zero-order chi connectivity index (χ0) is 11.1. The first-order valence-electron chi connectivity index (χ1n) is 5.61. The Kier molecular flexibility index (Phi) is 5.37. The molecule has 0 fully saturated rings. The van der Waals surface area contributed by atoms with Crippen LogP contribution in [-0.4, -0.2) is 19.8 Å². The van der Waals surface area contributed by atoms with Gasteiger partial charge in [0.2, 0.25) is 0 Å². The van der Waals surface area contributed by atoms with Crippen molar-refractivity contribution in [3.8, 4) is 0 Å². The molecule has 0 saturated carbocycles. The van der Waals surface area contributed by atoms with Crippen molar-refractivity contribution in [1.29, 1.82) is 0 Å². The molecular formula is C13H21NO. The Balaban J connectivity index is 2.33. The molecule has 1 aromatic rings. The SMILES string of the molecule is CCOCCN[C@@H](C)c1ccc(C)cc1. The molecule has 0 radical (unpaired) electrons. The van der Waals surface area contributed by atoms with Gasteiger partial charge in [-0.15, -0.1) is 0 Å². The highest BCUT2D eigenvalue weighted by Crippen LogP contribution is 2.12. The molecule has 1 rings (SSSR count). The molecule has 1 N–H and O–H groups in total. The largest absolute Gasteiger partial charge is 0.380 e. The third-order valence-corrected chi connectivity index (χ3v) is 2.48. The molecule has 0 aromatic heterocycles. The van der Waals surface area contributed by atoms with Gasteiger partial charge in [-0.05, 0) is 26.3 Å². The summed E-state index contributed by atoms with van der Waals surface area (Å²) in [6, 6.07) is 9.04. The van der Waals surface area contributed by atoms with Gasteiger partial charge in [-0.1, -0.05) is 29.8 Å². The highest BCUT2D eigenvalue weighted by Gasteiger charge is 2.02. The predicted molar refractivity (Wildman–Crippen MR) is 64.1 cm³/mol. The molecule has 1 atom stereocenters. The van der Waals surface area contributed by atoms with Crippen LogP contribution < -0.4 is 5.32 Å². The normalized spacial score (nSPS) is 12.7. The third kappa shape index (κ3) is 4.45. The number of aryl methyl sites for hydroxylation is 1. The van der Waals surface area contributed by atoms with Crippen molar-refractivity contribution in [3.63, 3.8) is 0 Å². The van der Waals surface area contributed by atoms with Crippen LogP contribution in [0.15, 0.2) is 24.3 Å². The van der Waals surface area contributed by atoms with Gasteiger partial charge in [-0.3, -0.25) is 0 Å². The Morgan fingerprint density at radius 2 is 1.93 bits per heavy atom. The van der Waals surface area contributed by atoms with E-state index in [2.05, 4.69) is 43.4 Å². The van der Waals surface area contributed by atoms with E-state index < -0.39 is 0 Å². The summed E-state index contributed by atoms with van der Waals surface area (Å²) in [6.45, 7) is 8.78. The van der Waals surface area contributed by atoms with Crippen molar-refractivity contribution >= 4 is 0 Å². The molecule has 0 spiro atoms. The number of hydrogen-bond donors (Lipinski definition) is 1. The molecule has 84 valence electrons. The topological polar surface area (TPSA) is 21.3 Å². The van der Waals surface area contributed by atoms with Crippen LogP contribution in [-0.2, 0) is 4.74 Å². The molecule has 0 bridgehead atoms. The molecule has 1 aromatic carbocycles. The lowest BCUT2D eigenvalue weighted by Crippen LogP contribution is -2.23. The molecule has 0 aliphatic carbocycles. The molecule has 0 heterocycles. The van der Waals surface area contributed by atoms with E-state index in [1.807, 2.05) is 6.92 Å². The fourth-order valence-corrected chi connectivity index (χ4v) is 1.46. The van der Waals surface area contributed by atoms with E-state index in [0.29, 0.717) is 6.04 Å². The van der Waals surface area contributed by atoms with Crippen molar-refractivity contribution in [2.75, 3.05) is 19.8 Å². The molecule has 0 aliphatic heterocycles. The van der Waals surface area contributed by atoms with Gasteiger partial charge in [0.1, 0.15) is 0 Å². The molecular weight excluding hydrogens is 186 g/mol. The smallest absolute Gasteiger partial charge is 0.0590 e. The van der Waals surface area contributed by atoms with Crippen LogP contribution in [0.5, 0.6) is 0 Å². The van der Waals surface area contributed by atoms with E-state index in [9.17, 15) is 0 Å². The third-order valence-electron chi connectivity index (χ3n) is 2.48. The molecule has 0 unspecified atom stereocenters. The molecule has 0 aliphatic rings. The van der Waals surface area contributed by atoms with E-state index in [0.717, 1.165) is 19.8 Å². The molecule has 2 heteroatoms. The van der Waals surface area contributed by atoms with Crippen LogP contribution in [0.25, 0.3) is 0 Å². The van der Waals surface area contributed by atoms with E-state index in [-0.39, 0.29) is 0 Å². The van der Waals surface area contributed by atoms with Gasteiger partial charge in [0.25, 0.3) is 0 Å². The average Bonchev–Trinajstić information content (AvgIpc) is 2.25. The summed E-state index contributed by atoms with van der Waals surface area (Å²) in [6.07, 6.45) is 0. The lowest BCUT2D eigenvalue weighted by atomic mass is 10.1. The Morgan fingerprint density at radius 3 is 2.53 bits per heavy atom. The van der Waals surface area contributed by atoms with Gasteiger partial charge in [-0.25, -0.2) is 0 Å². The van der Waals surface area contributed by atoms with Crippen molar-refractivity contribution in [3.05, 3.63) is 35.4 Å². The zero-order valence-electron chi connectivity index (χ0n) is 9.92. The van der Waals surface area contributed by atoms with Crippen LogP contribution in [0, 0.1) is 6.92 Å². The maximum Gasteiger partial charge on any atom is 0.0590 e.